The Morgan fingerprint density at radius 2 is 2.07 bits per heavy atom. The maximum absolute atomic E-state index is 10.2. The Labute approximate surface area is 175 Å². The summed E-state index contributed by atoms with van der Waals surface area (Å²) in [6.45, 7) is 11.8. The van der Waals surface area contributed by atoms with Crippen LogP contribution in [0.25, 0.3) is 0 Å². The molecule has 0 aliphatic carbocycles. The third-order valence-corrected chi connectivity index (χ3v) is 4.13. The number of pyridine rings is 2. The fourth-order valence-corrected chi connectivity index (χ4v) is 3.00. The number of nitrogens with zero attached hydrogens (tertiary/aromatic N) is 2. The summed E-state index contributed by atoms with van der Waals surface area (Å²) in [7, 11) is 0. The zero-order chi connectivity index (χ0) is 21.6. The Bertz CT molecular complexity index is 867. The Kier molecular flexibility index (Phi) is 7.95. The molecule has 2 rings (SSSR count). The largest absolute Gasteiger partial charge is 0.384 e. The molecule has 0 radical (unpaired) electrons. The van der Waals surface area contributed by atoms with Gasteiger partial charge in [-0.15, -0.1) is 12.1 Å². The van der Waals surface area contributed by atoms with E-state index in [9.17, 15) is 5.11 Å². The normalized spacial score (nSPS) is 11.8. The van der Waals surface area contributed by atoms with Gasteiger partial charge >= 0.3 is 0 Å². The van der Waals surface area contributed by atoms with Crippen molar-refractivity contribution in [2.45, 2.75) is 40.0 Å². The van der Waals surface area contributed by atoms with Gasteiger partial charge < -0.3 is 26.0 Å². The van der Waals surface area contributed by atoms with Gasteiger partial charge in [0, 0.05) is 35.3 Å². The van der Waals surface area contributed by atoms with Gasteiger partial charge in [-0.1, -0.05) is 31.5 Å². The number of hydrogen-bond acceptors (Lipinski definition) is 8. The first-order valence-electron chi connectivity index (χ1n) is 9.17. The number of aliphatic hydroxyl groups is 1. The lowest BCUT2D eigenvalue weighted by atomic mass is 9.95. The molecule has 0 aromatic carbocycles. The van der Waals surface area contributed by atoms with E-state index in [-0.39, 0.29) is 11.8 Å². The van der Waals surface area contributed by atoms with Gasteiger partial charge in [-0.25, -0.2) is 4.98 Å². The van der Waals surface area contributed by atoms with Crippen LogP contribution in [0.4, 0.5) is 11.5 Å². The Morgan fingerprint density at radius 3 is 2.66 bits per heavy atom. The minimum Gasteiger partial charge on any atom is -0.384 e. The van der Waals surface area contributed by atoms with Crippen molar-refractivity contribution in [3.05, 3.63) is 52.8 Å². The van der Waals surface area contributed by atoms with Gasteiger partial charge in [0.1, 0.15) is 11.0 Å². The predicted octanol–water partition coefficient (Wildman–Crippen LogP) is 3.82. The summed E-state index contributed by atoms with van der Waals surface area (Å²) in [5.41, 5.74) is 5.85. The zero-order valence-electron chi connectivity index (χ0n) is 17.0. The van der Waals surface area contributed by atoms with Crippen LogP contribution >= 0.6 is 11.6 Å². The predicted molar refractivity (Wildman–Crippen MR) is 117 cm³/mol. The molecular formula is C20H27ClN6O2. The van der Waals surface area contributed by atoms with E-state index < -0.39 is 6.35 Å². The molecule has 0 saturated heterocycles. The first kappa shape index (κ1) is 22.6. The molecule has 0 aliphatic rings. The maximum atomic E-state index is 10.2. The molecule has 0 aliphatic heterocycles. The third-order valence-electron chi connectivity index (χ3n) is 3.94. The second-order valence-corrected chi connectivity index (χ2v) is 7.20. The Hall–Kier alpha value is -2.68. The quantitative estimate of drug-likeness (QED) is 0.131. The van der Waals surface area contributed by atoms with Crippen LogP contribution in [0.5, 0.6) is 5.88 Å². The van der Waals surface area contributed by atoms with Crippen LogP contribution in [0.2, 0.25) is 5.15 Å². The molecule has 9 heteroatoms. The fourth-order valence-electron chi connectivity index (χ4n) is 2.75. The zero-order valence-corrected chi connectivity index (χ0v) is 17.8. The molecule has 2 heterocycles. The molecule has 1 atom stereocenters. The number of hydroxylamine groups is 1. The van der Waals surface area contributed by atoms with Gasteiger partial charge in [-0.2, -0.15) is 4.98 Å². The van der Waals surface area contributed by atoms with Gasteiger partial charge in [-0.05, 0) is 37.5 Å². The van der Waals surface area contributed by atoms with Crippen molar-refractivity contribution in [2.75, 3.05) is 17.2 Å². The van der Waals surface area contributed by atoms with Crippen LogP contribution in [0.3, 0.4) is 0 Å². The third kappa shape index (κ3) is 6.42. The number of halogens is 1. The van der Waals surface area contributed by atoms with Crippen molar-refractivity contribution in [1.82, 2.24) is 15.4 Å². The molecule has 5 N–H and O–H groups in total. The van der Waals surface area contributed by atoms with Crippen LogP contribution in [0, 0.1) is 12.3 Å². The molecule has 29 heavy (non-hydrogen) atoms. The monoisotopic (exact) mass is 418 g/mol. The van der Waals surface area contributed by atoms with Gasteiger partial charge in [0.05, 0.1) is 0 Å². The highest BCUT2D eigenvalue weighted by molar-refractivity contribution is 6.29. The van der Waals surface area contributed by atoms with E-state index >= 15 is 0 Å². The average molecular weight is 419 g/mol. The molecule has 8 nitrogen and oxygen atoms in total. The smallest absolute Gasteiger partial charge is 0.240 e. The van der Waals surface area contributed by atoms with Crippen LogP contribution in [0.1, 0.15) is 43.5 Å². The summed E-state index contributed by atoms with van der Waals surface area (Å²) in [5, 5.41) is 24.6. The minimum atomic E-state index is -1.22. The van der Waals surface area contributed by atoms with E-state index in [1.54, 1.807) is 38.1 Å². The van der Waals surface area contributed by atoms with Gasteiger partial charge in [0.15, 0.2) is 0 Å². The maximum Gasteiger partial charge on any atom is 0.240 e. The van der Waals surface area contributed by atoms with Crippen molar-refractivity contribution in [2.24, 2.45) is 0 Å². The second kappa shape index (κ2) is 10.2. The number of aliphatic hydroxyl groups excluding tert-OH is 1. The molecule has 0 saturated carbocycles. The highest BCUT2D eigenvalue weighted by Crippen LogP contribution is 2.29. The van der Waals surface area contributed by atoms with E-state index in [1.165, 1.54) is 0 Å². The highest BCUT2D eigenvalue weighted by atomic mass is 35.5. The fraction of sp³-hybridized carbons (Fsp3) is 0.350. The summed E-state index contributed by atoms with van der Waals surface area (Å²) in [5.74, 6) is 0.930. The highest BCUT2D eigenvalue weighted by Gasteiger charge is 2.18. The minimum absolute atomic E-state index is 0.143. The summed E-state index contributed by atoms with van der Waals surface area (Å²) < 4.78 is 0. The number of aromatic nitrogens is 2. The average Bonchev–Trinajstić information content (AvgIpc) is 2.62. The van der Waals surface area contributed by atoms with Crippen molar-refractivity contribution in [3.8, 4) is 5.88 Å². The van der Waals surface area contributed by atoms with Crippen LogP contribution in [-0.2, 0) is 0 Å². The Balaban J connectivity index is 2.19. The van der Waals surface area contributed by atoms with E-state index in [2.05, 4.69) is 32.7 Å². The van der Waals surface area contributed by atoms with E-state index in [1.807, 2.05) is 13.8 Å². The van der Waals surface area contributed by atoms with Crippen molar-refractivity contribution < 1.29 is 9.94 Å². The van der Waals surface area contributed by atoms with E-state index in [4.69, 9.17) is 21.8 Å². The summed E-state index contributed by atoms with van der Waals surface area (Å²) in [6.07, 6.45) is 0.493. The molecule has 0 bridgehead atoms. The Morgan fingerprint density at radius 1 is 1.34 bits per heavy atom. The molecule has 0 spiro atoms. The van der Waals surface area contributed by atoms with Crippen LogP contribution in [-0.4, -0.2) is 33.7 Å². The lowest BCUT2D eigenvalue weighted by Crippen LogP contribution is -2.38. The standard InChI is InChI=1S/C20H27ClN6O2/c1-6-7-23-19-18(13(5)22)15(11(2)3)10-17(26-19)29-27-20(28)25-14-8-12(4)24-16(21)9-14/h6,8-11,20,22,27-28H,1,7H2,2-5H3,(H,23,26)(H,24,25). The van der Waals surface area contributed by atoms with Gasteiger partial charge in [0.2, 0.25) is 12.2 Å². The number of hydrogen-bond donors (Lipinski definition) is 5. The second-order valence-electron chi connectivity index (χ2n) is 6.81. The van der Waals surface area contributed by atoms with Gasteiger partial charge in [0.25, 0.3) is 0 Å². The lowest BCUT2D eigenvalue weighted by Gasteiger charge is -2.20. The molecule has 2 aromatic heterocycles. The molecule has 156 valence electrons. The summed E-state index contributed by atoms with van der Waals surface area (Å²) in [4.78, 5) is 14.0. The lowest BCUT2D eigenvalue weighted by molar-refractivity contribution is 0.0359. The van der Waals surface area contributed by atoms with E-state index in [0.717, 1.165) is 11.1 Å². The number of aryl methyl sites for hydroxylation is 1. The van der Waals surface area contributed by atoms with Crippen molar-refractivity contribution in [3.63, 3.8) is 0 Å². The van der Waals surface area contributed by atoms with Gasteiger partial charge in [-0.3, -0.25) is 0 Å². The number of nitrogens with one attached hydrogen (secondary N) is 4. The molecule has 1 unspecified atom stereocenters. The van der Waals surface area contributed by atoms with Crippen molar-refractivity contribution >= 4 is 28.8 Å². The van der Waals surface area contributed by atoms with Crippen LogP contribution in [0.15, 0.2) is 30.9 Å². The first-order valence-corrected chi connectivity index (χ1v) is 9.55. The van der Waals surface area contributed by atoms with Crippen molar-refractivity contribution in [1.29, 1.82) is 5.41 Å². The molecule has 0 amide bonds. The summed E-state index contributed by atoms with van der Waals surface area (Å²) >= 11 is 5.93. The number of anilines is 2. The van der Waals surface area contributed by atoms with Crippen LogP contribution < -0.4 is 21.0 Å². The molecule has 2 aromatic rings. The molecule has 0 fully saturated rings. The van der Waals surface area contributed by atoms with E-state index in [0.29, 0.717) is 34.6 Å². The summed E-state index contributed by atoms with van der Waals surface area (Å²) in [6, 6.07) is 5.09. The molecular weight excluding hydrogens is 392 g/mol. The topological polar surface area (TPSA) is 115 Å². The number of rotatable bonds is 10. The SMILES string of the molecule is C=CCNc1nc(ONC(O)Nc2cc(C)nc(Cl)c2)cc(C(C)C)c1C(C)=N. The first-order chi connectivity index (χ1) is 13.7.